The number of carbonyl (C=O) groups excluding carboxylic acids is 2. The molecule has 2 amide bonds. The summed E-state index contributed by atoms with van der Waals surface area (Å²) in [6.07, 6.45) is 0.976. The Morgan fingerprint density at radius 3 is 2.29 bits per heavy atom. The molecule has 2 heterocycles. The van der Waals surface area contributed by atoms with Crippen LogP contribution >= 0.6 is 0 Å². The van der Waals surface area contributed by atoms with Crippen LogP contribution in [0.5, 0.6) is 5.75 Å². The van der Waals surface area contributed by atoms with Crippen LogP contribution in [0.1, 0.15) is 66.0 Å². The van der Waals surface area contributed by atoms with Crippen molar-refractivity contribution in [1.29, 1.82) is 0 Å². The highest BCUT2D eigenvalue weighted by atomic mass is 19.1. The number of halogens is 1. The molecule has 1 atom stereocenters. The van der Waals surface area contributed by atoms with Crippen molar-refractivity contribution in [3.05, 3.63) is 23.8 Å². The summed E-state index contributed by atoms with van der Waals surface area (Å²) >= 11 is 0. The van der Waals surface area contributed by atoms with E-state index < -0.39 is 35.4 Å². The summed E-state index contributed by atoms with van der Waals surface area (Å²) in [7, 11) is -0.499. The van der Waals surface area contributed by atoms with Gasteiger partial charge in [0.05, 0.1) is 17.2 Å². The number of alkyl halides is 1. The molecule has 7 nitrogen and oxygen atoms in total. The Morgan fingerprint density at radius 2 is 1.74 bits per heavy atom. The average molecular weight is 432 g/mol. The van der Waals surface area contributed by atoms with E-state index in [9.17, 15) is 14.0 Å². The fraction of sp³-hybridized carbons (Fsp3) is 0.636. The second-order valence-corrected chi connectivity index (χ2v) is 10.2. The molecule has 2 fully saturated rings. The maximum atomic E-state index is 13.9. The predicted octanol–water partition coefficient (Wildman–Crippen LogP) is 1.93. The molecule has 1 aromatic rings. The minimum absolute atomic E-state index is 0.284. The van der Waals surface area contributed by atoms with Gasteiger partial charge in [-0.3, -0.25) is 9.59 Å². The number of hydrogen-bond donors (Lipinski definition) is 2. The highest BCUT2D eigenvalue weighted by Crippen LogP contribution is 2.40. The first-order valence-corrected chi connectivity index (χ1v) is 10.7. The Hall–Kier alpha value is -2.13. The molecule has 2 aliphatic heterocycles. The van der Waals surface area contributed by atoms with Gasteiger partial charge in [0.25, 0.3) is 5.91 Å². The summed E-state index contributed by atoms with van der Waals surface area (Å²) in [6, 6.07) is 5.35. The van der Waals surface area contributed by atoms with Crippen molar-refractivity contribution < 1.29 is 28.0 Å². The second kappa shape index (κ2) is 6.94. The molecule has 168 valence electrons. The summed E-state index contributed by atoms with van der Waals surface area (Å²) in [5.74, 6) is -0.437. The van der Waals surface area contributed by atoms with Gasteiger partial charge in [0.1, 0.15) is 17.9 Å². The lowest BCUT2D eigenvalue weighted by molar-refractivity contribution is -0.136. The zero-order chi connectivity index (χ0) is 22.8. The minimum Gasteiger partial charge on any atom is -0.491 e. The zero-order valence-corrected chi connectivity index (χ0v) is 18.9. The number of nitrogens with one attached hydrogen (secondary N) is 2. The van der Waals surface area contributed by atoms with E-state index in [0.717, 1.165) is 11.0 Å². The van der Waals surface area contributed by atoms with Crippen LogP contribution in [0.2, 0.25) is 0 Å². The standard InChI is InChI=1S/C22H30BFN2O5/c1-19(2,24)17(27)26-22(9-10-22)18(28)25-15-12-29-16-11-13(7-8-14(15)16)23-30-20(3,4)21(5,6)31-23/h7-8,11,15H,9-10,12H2,1-6H3,(H,25,28)(H,26,27). The number of benzene rings is 1. The fourth-order valence-electron chi connectivity index (χ4n) is 3.67. The molecule has 0 aromatic heterocycles. The quantitative estimate of drug-likeness (QED) is 0.695. The summed E-state index contributed by atoms with van der Waals surface area (Å²) in [5.41, 5.74) is -2.26. The van der Waals surface area contributed by atoms with Crippen LogP contribution in [0.25, 0.3) is 0 Å². The van der Waals surface area contributed by atoms with Gasteiger partial charge in [0, 0.05) is 5.56 Å². The number of fused-ring (bicyclic) bond motifs is 1. The van der Waals surface area contributed by atoms with Crippen LogP contribution in [0.3, 0.4) is 0 Å². The molecule has 1 saturated carbocycles. The smallest absolute Gasteiger partial charge is 0.491 e. The van der Waals surface area contributed by atoms with Gasteiger partial charge in [-0.25, -0.2) is 4.39 Å². The minimum atomic E-state index is -2.04. The van der Waals surface area contributed by atoms with Crippen LogP contribution in [0, 0.1) is 0 Å². The van der Waals surface area contributed by atoms with Crippen LogP contribution in [-0.4, -0.2) is 47.9 Å². The van der Waals surface area contributed by atoms with Gasteiger partial charge in [0.2, 0.25) is 5.91 Å². The maximum Gasteiger partial charge on any atom is 0.494 e. The van der Waals surface area contributed by atoms with Gasteiger partial charge in [0.15, 0.2) is 5.67 Å². The fourth-order valence-corrected chi connectivity index (χ4v) is 3.67. The van der Waals surface area contributed by atoms with Crippen molar-refractivity contribution in [3.8, 4) is 5.75 Å². The average Bonchev–Trinajstić information content (AvgIpc) is 3.27. The highest BCUT2D eigenvalue weighted by Gasteiger charge is 2.54. The van der Waals surface area contributed by atoms with E-state index in [4.69, 9.17) is 14.0 Å². The largest absolute Gasteiger partial charge is 0.494 e. The SMILES string of the molecule is CC(C)(F)C(=O)NC1(C(=O)NC2COc3cc(B4OC(C)(C)C(C)(C)O4)ccc32)CC1. The van der Waals surface area contributed by atoms with E-state index in [1.165, 1.54) is 13.8 Å². The molecule has 9 heteroatoms. The van der Waals surface area contributed by atoms with Crippen molar-refractivity contribution in [2.75, 3.05) is 6.61 Å². The van der Waals surface area contributed by atoms with E-state index in [1.807, 2.05) is 45.9 Å². The first-order chi connectivity index (χ1) is 14.2. The Morgan fingerprint density at radius 1 is 1.13 bits per heavy atom. The van der Waals surface area contributed by atoms with Crippen molar-refractivity contribution in [2.24, 2.45) is 0 Å². The third kappa shape index (κ3) is 3.93. The van der Waals surface area contributed by atoms with Gasteiger partial charge in [-0.2, -0.15) is 0 Å². The van der Waals surface area contributed by atoms with Crippen molar-refractivity contribution in [1.82, 2.24) is 10.6 Å². The molecule has 31 heavy (non-hydrogen) atoms. The molecule has 0 spiro atoms. The number of carbonyl (C=O) groups is 2. The van der Waals surface area contributed by atoms with Crippen LogP contribution < -0.4 is 20.8 Å². The molecule has 3 aliphatic rings. The molecular weight excluding hydrogens is 402 g/mol. The third-order valence-electron chi connectivity index (χ3n) is 6.73. The van der Waals surface area contributed by atoms with Gasteiger partial charge in [-0.1, -0.05) is 12.1 Å². The first-order valence-electron chi connectivity index (χ1n) is 10.7. The summed E-state index contributed by atoms with van der Waals surface area (Å²) in [5, 5.41) is 5.51. The number of rotatable bonds is 5. The van der Waals surface area contributed by atoms with Crippen LogP contribution in [0.15, 0.2) is 18.2 Å². The molecule has 1 aromatic carbocycles. The monoisotopic (exact) mass is 432 g/mol. The molecule has 1 saturated heterocycles. The van der Waals surface area contributed by atoms with Crippen molar-refractivity contribution in [3.63, 3.8) is 0 Å². The number of ether oxygens (including phenoxy) is 1. The lowest BCUT2D eigenvalue weighted by atomic mass is 9.78. The van der Waals surface area contributed by atoms with Crippen LogP contribution in [0.4, 0.5) is 4.39 Å². The Balaban J connectivity index is 1.44. The molecule has 1 aliphatic carbocycles. The lowest BCUT2D eigenvalue weighted by Gasteiger charge is -2.32. The van der Waals surface area contributed by atoms with E-state index in [1.54, 1.807) is 0 Å². The van der Waals surface area contributed by atoms with E-state index in [2.05, 4.69) is 10.6 Å². The van der Waals surface area contributed by atoms with E-state index in [0.29, 0.717) is 18.6 Å². The molecule has 4 rings (SSSR count). The van der Waals surface area contributed by atoms with Crippen LogP contribution in [-0.2, 0) is 18.9 Å². The number of hydrogen-bond acceptors (Lipinski definition) is 5. The van der Waals surface area contributed by atoms with Gasteiger partial charge >= 0.3 is 7.12 Å². The van der Waals surface area contributed by atoms with Crippen molar-refractivity contribution in [2.45, 2.75) is 82.8 Å². The molecule has 1 unspecified atom stereocenters. The predicted molar refractivity (Wildman–Crippen MR) is 114 cm³/mol. The second-order valence-electron chi connectivity index (χ2n) is 10.2. The normalized spacial score (nSPS) is 24.9. The molecule has 2 N–H and O–H groups in total. The summed E-state index contributed by atoms with van der Waals surface area (Å²) in [6.45, 7) is 10.6. The van der Waals surface area contributed by atoms with Gasteiger partial charge < -0.3 is 24.7 Å². The van der Waals surface area contributed by atoms with E-state index >= 15 is 0 Å². The Bertz CT molecular complexity index is 907. The number of amides is 2. The Kier molecular flexibility index (Phi) is 4.94. The zero-order valence-electron chi connectivity index (χ0n) is 18.9. The highest BCUT2D eigenvalue weighted by molar-refractivity contribution is 6.62. The first kappa shape index (κ1) is 22.1. The summed E-state index contributed by atoms with van der Waals surface area (Å²) < 4.78 is 31.9. The molecule has 0 radical (unpaired) electrons. The van der Waals surface area contributed by atoms with E-state index in [-0.39, 0.29) is 18.6 Å². The lowest BCUT2D eigenvalue weighted by Crippen LogP contribution is -2.53. The molecular formula is C22H30BFN2O5. The topological polar surface area (TPSA) is 85.9 Å². The third-order valence-corrected chi connectivity index (χ3v) is 6.73. The Labute approximate surface area is 182 Å². The van der Waals surface area contributed by atoms with Gasteiger partial charge in [-0.15, -0.1) is 0 Å². The maximum absolute atomic E-state index is 13.9. The summed E-state index contributed by atoms with van der Waals surface area (Å²) in [4.78, 5) is 24.8. The van der Waals surface area contributed by atoms with Gasteiger partial charge in [-0.05, 0) is 65.9 Å². The van der Waals surface area contributed by atoms with Crippen molar-refractivity contribution >= 4 is 24.4 Å². The molecule has 0 bridgehead atoms.